The molecular formula is C27H35BrN2O6. The molecule has 4 atom stereocenters. The van der Waals surface area contributed by atoms with Gasteiger partial charge >= 0.3 is 5.97 Å². The number of unbranched alkanes of at least 4 members (excludes halogenated alkanes) is 1. The minimum Gasteiger partial charge on any atom is -0.450 e. The number of esters is 1. The smallest absolute Gasteiger partial charge is 0.306 e. The van der Waals surface area contributed by atoms with Crippen LogP contribution in [0.25, 0.3) is 0 Å². The first-order chi connectivity index (χ1) is 17.4. The van der Waals surface area contributed by atoms with Gasteiger partial charge in [-0.3, -0.25) is 19.5 Å². The Hall–Kier alpha value is -2.17. The van der Waals surface area contributed by atoms with Crippen molar-refractivity contribution in [1.29, 1.82) is 0 Å². The van der Waals surface area contributed by atoms with E-state index >= 15 is 0 Å². The van der Waals surface area contributed by atoms with Crippen molar-refractivity contribution in [3.8, 4) is 0 Å². The Labute approximate surface area is 220 Å². The molecule has 0 spiro atoms. The summed E-state index contributed by atoms with van der Waals surface area (Å²) >= 11 is 3.34. The van der Waals surface area contributed by atoms with Gasteiger partial charge in [-0.25, -0.2) is 0 Å². The van der Waals surface area contributed by atoms with Crippen LogP contribution in [0.5, 0.6) is 0 Å². The molecule has 0 amide bonds. The van der Waals surface area contributed by atoms with E-state index in [-0.39, 0.29) is 31.6 Å². The zero-order valence-corrected chi connectivity index (χ0v) is 22.6. The molecule has 0 aromatic heterocycles. The molecule has 0 fully saturated rings. The number of carbonyl (C=O) groups excluding carboxylic acids is 2. The predicted octanol–water partition coefficient (Wildman–Crippen LogP) is 2.67. The average molecular weight is 563 g/mol. The summed E-state index contributed by atoms with van der Waals surface area (Å²) < 4.78 is 10.9. The third-order valence-electron chi connectivity index (χ3n) is 6.65. The molecule has 3 aliphatic rings. The zero-order chi connectivity index (χ0) is 26.2. The molecule has 0 aromatic rings. The number of halogens is 1. The lowest BCUT2D eigenvalue weighted by Gasteiger charge is -2.34. The van der Waals surface area contributed by atoms with Gasteiger partial charge in [0, 0.05) is 42.5 Å². The number of rotatable bonds is 10. The fourth-order valence-electron chi connectivity index (χ4n) is 4.70. The standard InChI is InChI=1S/C27H35BrN2O6/c1-17-7-6-8-19-21(14-31)20-13-30(2)27(34)22(16-35-3)18(10-11-23(20)29-26(17)19)24(15-32)36-25(33)9-4-5-12-28/h6-8,10-11,15,17,24,26-27,31,34H,4-5,9,12-14,16H2,1-3H3/b11-10+,22-18+. The first kappa shape index (κ1) is 28.4. The molecule has 2 aliphatic heterocycles. The highest BCUT2D eigenvalue weighted by Crippen LogP contribution is 2.35. The number of dihydropyridines is 1. The van der Waals surface area contributed by atoms with Gasteiger partial charge in [0.05, 0.1) is 25.0 Å². The van der Waals surface area contributed by atoms with E-state index in [4.69, 9.17) is 14.5 Å². The van der Waals surface area contributed by atoms with Crippen LogP contribution in [0.4, 0.5) is 0 Å². The number of allylic oxidation sites excluding steroid dienone is 3. The van der Waals surface area contributed by atoms with E-state index in [2.05, 4.69) is 28.9 Å². The molecule has 3 rings (SSSR count). The van der Waals surface area contributed by atoms with Crippen LogP contribution in [0.15, 0.2) is 63.2 Å². The van der Waals surface area contributed by atoms with Crippen molar-refractivity contribution in [2.45, 2.75) is 44.6 Å². The van der Waals surface area contributed by atoms with Gasteiger partial charge in [0.2, 0.25) is 0 Å². The van der Waals surface area contributed by atoms with Crippen LogP contribution in [-0.2, 0) is 19.1 Å². The van der Waals surface area contributed by atoms with Crippen LogP contribution in [0.2, 0.25) is 0 Å². The lowest BCUT2D eigenvalue weighted by atomic mass is 9.81. The summed E-state index contributed by atoms with van der Waals surface area (Å²) in [5.41, 5.74) is 3.98. The number of hydrogen-bond acceptors (Lipinski definition) is 8. The van der Waals surface area contributed by atoms with E-state index < -0.39 is 18.3 Å². The summed E-state index contributed by atoms with van der Waals surface area (Å²) in [5.74, 6) is -0.337. The summed E-state index contributed by atoms with van der Waals surface area (Å²) in [4.78, 5) is 31.3. The van der Waals surface area contributed by atoms with Crippen LogP contribution < -0.4 is 0 Å². The Kier molecular flexibility index (Phi) is 10.6. The van der Waals surface area contributed by atoms with Crippen molar-refractivity contribution in [2.24, 2.45) is 10.9 Å². The number of hydrogen-bond donors (Lipinski definition) is 2. The first-order valence-electron chi connectivity index (χ1n) is 12.1. The maximum atomic E-state index is 12.4. The van der Waals surface area contributed by atoms with Crippen molar-refractivity contribution < 1.29 is 29.3 Å². The van der Waals surface area contributed by atoms with Gasteiger partial charge in [0.15, 0.2) is 12.4 Å². The second-order valence-corrected chi connectivity index (χ2v) is 9.96. The lowest BCUT2D eigenvalue weighted by molar-refractivity contribution is -0.149. The summed E-state index contributed by atoms with van der Waals surface area (Å²) in [6, 6.07) is -0.142. The third kappa shape index (κ3) is 6.39. The molecule has 36 heavy (non-hydrogen) atoms. The molecule has 0 aromatic carbocycles. The highest BCUT2D eigenvalue weighted by Gasteiger charge is 2.34. The first-order valence-corrected chi connectivity index (χ1v) is 13.3. The van der Waals surface area contributed by atoms with Crippen LogP contribution >= 0.6 is 15.9 Å². The van der Waals surface area contributed by atoms with E-state index in [1.807, 2.05) is 12.2 Å². The van der Waals surface area contributed by atoms with Crippen molar-refractivity contribution in [3.05, 3.63) is 58.2 Å². The summed E-state index contributed by atoms with van der Waals surface area (Å²) in [6.45, 7) is 2.25. The highest BCUT2D eigenvalue weighted by atomic mass is 79.9. The van der Waals surface area contributed by atoms with Crippen molar-refractivity contribution in [2.75, 3.05) is 39.2 Å². The van der Waals surface area contributed by atoms with E-state index in [0.29, 0.717) is 36.1 Å². The van der Waals surface area contributed by atoms with Gasteiger partial charge in [-0.1, -0.05) is 47.2 Å². The van der Waals surface area contributed by atoms with E-state index in [0.717, 1.165) is 28.5 Å². The monoisotopic (exact) mass is 562 g/mol. The number of carbonyl (C=O) groups is 2. The van der Waals surface area contributed by atoms with Gasteiger partial charge in [-0.05, 0) is 42.7 Å². The molecule has 0 saturated heterocycles. The van der Waals surface area contributed by atoms with E-state index in [9.17, 15) is 19.8 Å². The second-order valence-electron chi connectivity index (χ2n) is 9.17. The number of likely N-dealkylation sites (N-methyl/N-ethyl adjacent to an activating group) is 1. The molecule has 0 bridgehead atoms. The maximum absolute atomic E-state index is 12.4. The Morgan fingerprint density at radius 1 is 1.36 bits per heavy atom. The minimum absolute atomic E-state index is 0.0315. The van der Waals surface area contributed by atoms with Crippen LogP contribution in [0.1, 0.15) is 26.2 Å². The predicted molar refractivity (Wildman–Crippen MR) is 142 cm³/mol. The third-order valence-corrected chi connectivity index (χ3v) is 7.21. The van der Waals surface area contributed by atoms with Crippen LogP contribution in [0, 0.1) is 5.92 Å². The highest BCUT2D eigenvalue weighted by molar-refractivity contribution is 9.09. The van der Waals surface area contributed by atoms with Gasteiger partial charge in [-0.15, -0.1) is 0 Å². The summed E-state index contributed by atoms with van der Waals surface area (Å²) in [7, 11) is 3.24. The normalized spacial score (nSPS) is 28.1. The van der Waals surface area contributed by atoms with Gasteiger partial charge in [0.25, 0.3) is 0 Å². The van der Waals surface area contributed by atoms with Crippen molar-refractivity contribution in [3.63, 3.8) is 0 Å². The molecule has 2 heterocycles. The molecule has 196 valence electrons. The molecule has 9 heteroatoms. The number of fused-ring (bicyclic) bond motifs is 2. The molecule has 1 aliphatic carbocycles. The van der Waals surface area contributed by atoms with Gasteiger partial charge in [0.1, 0.15) is 6.23 Å². The second kappa shape index (κ2) is 13.4. The fraction of sp³-hybridized carbons (Fsp3) is 0.519. The molecule has 8 nitrogen and oxygen atoms in total. The van der Waals surface area contributed by atoms with Gasteiger partial charge in [-0.2, -0.15) is 0 Å². The minimum atomic E-state index is -1.20. The number of aliphatic imine (C=N–C) groups is 1. The van der Waals surface area contributed by atoms with Gasteiger partial charge < -0.3 is 19.7 Å². The quantitative estimate of drug-likeness (QED) is 0.182. The molecule has 0 radical (unpaired) electrons. The van der Waals surface area contributed by atoms with E-state index in [1.165, 1.54) is 7.11 Å². The Morgan fingerprint density at radius 2 is 2.14 bits per heavy atom. The summed E-state index contributed by atoms with van der Waals surface area (Å²) in [6.07, 6.45) is 9.37. The fourth-order valence-corrected chi connectivity index (χ4v) is 5.09. The Morgan fingerprint density at radius 3 is 2.81 bits per heavy atom. The topological polar surface area (TPSA) is 109 Å². The number of aliphatic hydroxyl groups excluding tert-OH is 2. The number of nitrogens with zero attached hydrogens (tertiary/aromatic N) is 2. The Balaban J connectivity index is 2.07. The average Bonchev–Trinajstić information content (AvgIpc) is 2.91. The molecule has 2 N–H and O–H groups in total. The van der Waals surface area contributed by atoms with Crippen molar-refractivity contribution >= 4 is 33.9 Å². The van der Waals surface area contributed by atoms with Crippen LogP contribution in [0.3, 0.4) is 0 Å². The van der Waals surface area contributed by atoms with Crippen LogP contribution in [-0.4, -0.2) is 90.7 Å². The molecule has 0 saturated carbocycles. The number of aldehydes is 1. The lowest BCUT2D eigenvalue weighted by Crippen LogP contribution is -2.39. The number of aliphatic hydroxyl groups is 2. The number of alkyl halides is 1. The van der Waals surface area contributed by atoms with E-state index in [1.54, 1.807) is 24.1 Å². The maximum Gasteiger partial charge on any atom is 0.306 e. The largest absolute Gasteiger partial charge is 0.450 e. The Bertz CT molecular complexity index is 1030. The van der Waals surface area contributed by atoms with Crippen molar-refractivity contribution in [1.82, 2.24) is 4.90 Å². The zero-order valence-electron chi connectivity index (χ0n) is 21.0. The molecule has 4 unspecified atom stereocenters. The number of ether oxygens (including phenoxy) is 2. The number of methoxy groups -OCH3 is 1. The summed E-state index contributed by atoms with van der Waals surface area (Å²) in [5, 5.41) is 22.4. The molecular weight excluding hydrogens is 528 g/mol. The SMILES string of the molecule is COC/C1=C(C(C=O)OC(=O)CCCCBr)/C=C/C2=NC3C(=CC=CC3C)C(CO)=C2CN(C)C1O.